The Balaban J connectivity index is 1.78. The Morgan fingerprint density at radius 3 is 2.65 bits per heavy atom. The van der Waals surface area contributed by atoms with E-state index in [2.05, 4.69) is 19.2 Å². The van der Waals surface area contributed by atoms with Gasteiger partial charge >= 0.3 is 0 Å². The van der Waals surface area contributed by atoms with Crippen molar-refractivity contribution >= 4 is 0 Å². The SMILES string of the molecule is CCCNC(CCCC1CCCO1)C1(C)CCCCC1. The third-order valence-corrected chi connectivity index (χ3v) is 5.52. The molecular weight excluding hydrogens is 246 g/mol. The van der Waals surface area contributed by atoms with Gasteiger partial charge in [-0.25, -0.2) is 0 Å². The number of rotatable bonds is 8. The van der Waals surface area contributed by atoms with Crippen LogP contribution in [0.2, 0.25) is 0 Å². The van der Waals surface area contributed by atoms with Crippen LogP contribution in [-0.4, -0.2) is 25.3 Å². The predicted octanol–water partition coefficient (Wildman–Crippen LogP) is 4.67. The van der Waals surface area contributed by atoms with Gasteiger partial charge < -0.3 is 10.1 Å². The lowest BCUT2D eigenvalue weighted by atomic mass is 9.69. The third kappa shape index (κ3) is 4.73. The lowest BCUT2D eigenvalue weighted by Gasteiger charge is -2.41. The van der Waals surface area contributed by atoms with Crippen LogP contribution in [0.25, 0.3) is 0 Å². The number of hydrogen-bond acceptors (Lipinski definition) is 2. The molecule has 2 aliphatic rings. The van der Waals surface area contributed by atoms with E-state index in [0.29, 0.717) is 11.5 Å². The molecule has 0 radical (unpaired) electrons. The standard InChI is InChI=1S/C18H35NO/c1-3-14-19-17(18(2)12-5-4-6-13-18)11-7-9-16-10-8-15-20-16/h16-17,19H,3-15H2,1-2H3. The molecule has 0 aromatic carbocycles. The van der Waals surface area contributed by atoms with Crippen molar-refractivity contribution in [3.05, 3.63) is 0 Å². The highest BCUT2D eigenvalue weighted by atomic mass is 16.5. The maximum absolute atomic E-state index is 5.77. The fraction of sp³-hybridized carbons (Fsp3) is 1.00. The van der Waals surface area contributed by atoms with Gasteiger partial charge in [-0.05, 0) is 63.3 Å². The lowest BCUT2D eigenvalue weighted by Crippen LogP contribution is -2.45. The van der Waals surface area contributed by atoms with Crippen LogP contribution >= 0.6 is 0 Å². The predicted molar refractivity (Wildman–Crippen MR) is 86.1 cm³/mol. The summed E-state index contributed by atoms with van der Waals surface area (Å²) in [6.07, 6.45) is 15.5. The maximum atomic E-state index is 5.77. The van der Waals surface area contributed by atoms with E-state index in [0.717, 1.165) is 12.6 Å². The summed E-state index contributed by atoms with van der Waals surface area (Å²) in [6.45, 7) is 6.99. The van der Waals surface area contributed by atoms with Gasteiger partial charge in [0.25, 0.3) is 0 Å². The van der Waals surface area contributed by atoms with E-state index in [1.807, 2.05) is 0 Å². The third-order valence-electron chi connectivity index (χ3n) is 5.52. The van der Waals surface area contributed by atoms with Crippen LogP contribution in [0.3, 0.4) is 0 Å². The molecule has 2 heteroatoms. The Hall–Kier alpha value is -0.0800. The van der Waals surface area contributed by atoms with Crippen molar-refractivity contribution in [2.45, 2.75) is 96.6 Å². The molecule has 0 aromatic rings. The first kappa shape index (κ1) is 16.3. The highest BCUT2D eigenvalue weighted by Crippen LogP contribution is 2.40. The molecule has 0 amide bonds. The topological polar surface area (TPSA) is 21.3 Å². The zero-order valence-electron chi connectivity index (χ0n) is 13.8. The summed E-state index contributed by atoms with van der Waals surface area (Å²) in [5, 5.41) is 3.86. The van der Waals surface area contributed by atoms with E-state index in [9.17, 15) is 0 Å². The zero-order valence-corrected chi connectivity index (χ0v) is 13.8. The molecule has 0 spiro atoms. The van der Waals surface area contributed by atoms with Gasteiger partial charge in [0.15, 0.2) is 0 Å². The van der Waals surface area contributed by atoms with Crippen LogP contribution in [-0.2, 0) is 4.74 Å². The highest BCUT2D eigenvalue weighted by molar-refractivity contribution is 4.90. The van der Waals surface area contributed by atoms with Crippen LogP contribution in [0.15, 0.2) is 0 Å². The van der Waals surface area contributed by atoms with E-state index >= 15 is 0 Å². The van der Waals surface area contributed by atoms with Crippen molar-refractivity contribution in [2.24, 2.45) is 5.41 Å². The molecule has 1 saturated heterocycles. The molecular formula is C18H35NO. The van der Waals surface area contributed by atoms with Crippen molar-refractivity contribution in [1.82, 2.24) is 5.32 Å². The molecule has 0 bridgehead atoms. The molecule has 2 unspecified atom stereocenters. The maximum Gasteiger partial charge on any atom is 0.0576 e. The van der Waals surface area contributed by atoms with Crippen molar-refractivity contribution in [3.63, 3.8) is 0 Å². The Morgan fingerprint density at radius 2 is 2.00 bits per heavy atom. The summed E-state index contributed by atoms with van der Waals surface area (Å²) in [6, 6.07) is 0.726. The average Bonchev–Trinajstić information content (AvgIpc) is 2.96. The molecule has 1 N–H and O–H groups in total. The molecule has 20 heavy (non-hydrogen) atoms. The molecule has 1 aliphatic carbocycles. The van der Waals surface area contributed by atoms with E-state index in [1.165, 1.54) is 77.2 Å². The zero-order chi connectivity index (χ0) is 14.3. The summed E-state index contributed by atoms with van der Waals surface area (Å²) in [7, 11) is 0. The van der Waals surface area contributed by atoms with Gasteiger partial charge in [-0.15, -0.1) is 0 Å². The highest BCUT2D eigenvalue weighted by Gasteiger charge is 2.34. The lowest BCUT2D eigenvalue weighted by molar-refractivity contribution is 0.0939. The molecule has 2 fully saturated rings. The Morgan fingerprint density at radius 1 is 1.20 bits per heavy atom. The van der Waals surface area contributed by atoms with E-state index in [-0.39, 0.29) is 0 Å². The van der Waals surface area contributed by atoms with Crippen LogP contribution in [0.4, 0.5) is 0 Å². The van der Waals surface area contributed by atoms with Gasteiger partial charge in [-0.1, -0.05) is 33.1 Å². The van der Waals surface area contributed by atoms with E-state index in [1.54, 1.807) is 0 Å². The Labute approximate surface area is 126 Å². The van der Waals surface area contributed by atoms with Gasteiger partial charge in [-0.3, -0.25) is 0 Å². The molecule has 0 aromatic heterocycles. The molecule has 2 rings (SSSR count). The second-order valence-electron chi connectivity index (χ2n) is 7.29. The van der Waals surface area contributed by atoms with Gasteiger partial charge in [0.05, 0.1) is 6.10 Å². The summed E-state index contributed by atoms with van der Waals surface area (Å²) in [4.78, 5) is 0. The molecule has 118 valence electrons. The van der Waals surface area contributed by atoms with Gasteiger partial charge in [0, 0.05) is 12.6 Å². The smallest absolute Gasteiger partial charge is 0.0576 e. The van der Waals surface area contributed by atoms with Crippen molar-refractivity contribution < 1.29 is 4.74 Å². The normalized spacial score (nSPS) is 27.6. The first-order chi connectivity index (χ1) is 9.74. The van der Waals surface area contributed by atoms with Crippen molar-refractivity contribution in [3.8, 4) is 0 Å². The summed E-state index contributed by atoms with van der Waals surface area (Å²) < 4.78 is 5.77. The fourth-order valence-corrected chi connectivity index (χ4v) is 4.15. The van der Waals surface area contributed by atoms with Crippen molar-refractivity contribution in [2.75, 3.05) is 13.2 Å². The van der Waals surface area contributed by atoms with Crippen LogP contribution in [0.1, 0.15) is 84.5 Å². The van der Waals surface area contributed by atoms with E-state index in [4.69, 9.17) is 4.74 Å². The van der Waals surface area contributed by atoms with Crippen LogP contribution in [0, 0.1) is 5.41 Å². The molecule has 1 aliphatic heterocycles. The minimum atomic E-state index is 0.546. The number of ether oxygens (including phenoxy) is 1. The first-order valence-electron chi connectivity index (χ1n) is 9.09. The molecule has 2 atom stereocenters. The monoisotopic (exact) mass is 281 g/mol. The van der Waals surface area contributed by atoms with E-state index < -0.39 is 0 Å². The minimum Gasteiger partial charge on any atom is -0.378 e. The van der Waals surface area contributed by atoms with Crippen LogP contribution in [0.5, 0.6) is 0 Å². The number of hydrogen-bond donors (Lipinski definition) is 1. The van der Waals surface area contributed by atoms with Gasteiger partial charge in [0.2, 0.25) is 0 Å². The molecule has 1 saturated carbocycles. The average molecular weight is 281 g/mol. The van der Waals surface area contributed by atoms with Crippen molar-refractivity contribution in [1.29, 1.82) is 0 Å². The molecule has 1 heterocycles. The summed E-state index contributed by atoms with van der Waals surface area (Å²) in [5.74, 6) is 0. The number of nitrogens with one attached hydrogen (secondary N) is 1. The Kier molecular flexibility index (Phi) is 6.83. The van der Waals surface area contributed by atoms with Crippen LogP contribution < -0.4 is 5.32 Å². The summed E-state index contributed by atoms with van der Waals surface area (Å²) in [5.41, 5.74) is 0.546. The van der Waals surface area contributed by atoms with Gasteiger partial charge in [0.1, 0.15) is 0 Å². The second kappa shape index (κ2) is 8.38. The quantitative estimate of drug-likeness (QED) is 0.698. The Bertz CT molecular complexity index is 254. The van der Waals surface area contributed by atoms with Gasteiger partial charge in [-0.2, -0.15) is 0 Å². The molecule has 2 nitrogen and oxygen atoms in total. The largest absolute Gasteiger partial charge is 0.378 e. The second-order valence-corrected chi connectivity index (χ2v) is 7.29. The fourth-order valence-electron chi connectivity index (χ4n) is 4.15. The summed E-state index contributed by atoms with van der Waals surface area (Å²) >= 11 is 0. The minimum absolute atomic E-state index is 0.546. The first-order valence-corrected chi connectivity index (χ1v) is 9.09.